The Balaban J connectivity index is 2.48. The average molecular weight is 306 g/mol. The van der Waals surface area contributed by atoms with Gasteiger partial charge < -0.3 is 10.6 Å². The van der Waals surface area contributed by atoms with Crippen LogP contribution in [0.2, 0.25) is 0 Å². The predicted octanol–water partition coefficient (Wildman–Crippen LogP) is -0.545. The van der Waals surface area contributed by atoms with Crippen molar-refractivity contribution in [3.8, 4) is 0 Å². The molecule has 1 rings (SSSR count). The Hall–Kier alpha value is -0.700. The third-order valence-electron chi connectivity index (χ3n) is 3.48. The van der Waals surface area contributed by atoms with Crippen LogP contribution in [0.5, 0.6) is 0 Å². The van der Waals surface area contributed by atoms with E-state index >= 15 is 0 Å². The first-order chi connectivity index (χ1) is 9.28. The van der Waals surface area contributed by atoms with Crippen molar-refractivity contribution >= 4 is 16.1 Å². The van der Waals surface area contributed by atoms with E-state index in [1.807, 2.05) is 6.92 Å². The van der Waals surface area contributed by atoms with Crippen LogP contribution >= 0.6 is 0 Å². The van der Waals surface area contributed by atoms with Crippen LogP contribution in [0.15, 0.2) is 0 Å². The monoisotopic (exact) mass is 306 g/mol. The lowest BCUT2D eigenvalue weighted by atomic mass is 10.1. The van der Waals surface area contributed by atoms with Gasteiger partial charge in [0.15, 0.2) is 0 Å². The van der Waals surface area contributed by atoms with Gasteiger partial charge >= 0.3 is 0 Å². The van der Waals surface area contributed by atoms with Crippen LogP contribution in [-0.2, 0) is 15.0 Å². The summed E-state index contributed by atoms with van der Waals surface area (Å²) >= 11 is 0. The average Bonchev–Trinajstić information content (AvgIpc) is 2.38. The largest absolute Gasteiger partial charge is 0.340 e. The van der Waals surface area contributed by atoms with Gasteiger partial charge in [-0.3, -0.25) is 4.79 Å². The highest BCUT2D eigenvalue weighted by molar-refractivity contribution is 7.86. The van der Waals surface area contributed by atoms with Crippen LogP contribution in [0, 0.1) is 0 Å². The smallest absolute Gasteiger partial charge is 0.281 e. The third-order valence-corrected chi connectivity index (χ3v) is 5.42. The normalized spacial score (nSPS) is 19.4. The fourth-order valence-electron chi connectivity index (χ4n) is 2.23. The number of piperazine rings is 1. The number of nitrogens with zero attached hydrogens (tertiary/aromatic N) is 3. The first-order valence-electron chi connectivity index (χ1n) is 7.00. The molecule has 0 bridgehead atoms. The lowest BCUT2D eigenvalue weighted by Crippen LogP contribution is -2.53. The second-order valence-corrected chi connectivity index (χ2v) is 7.47. The van der Waals surface area contributed by atoms with E-state index in [9.17, 15) is 13.2 Å². The molecule has 0 aromatic rings. The topological polar surface area (TPSA) is 87.0 Å². The van der Waals surface area contributed by atoms with Gasteiger partial charge in [0.05, 0.1) is 0 Å². The molecule has 8 heteroatoms. The Labute approximate surface area is 121 Å². The van der Waals surface area contributed by atoms with Crippen molar-refractivity contribution < 1.29 is 13.2 Å². The van der Waals surface area contributed by atoms with Crippen LogP contribution < -0.4 is 5.73 Å². The number of rotatable bonds is 6. The van der Waals surface area contributed by atoms with Crippen molar-refractivity contribution in [1.82, 2.24) is 13.5 Å². The summed E-state index contributed by atoms with van der Waals surface area (Å²) in [4.78, 5) is 13.7. The molecule has 1 unspecified atom stereocenters. The van der Waals surface area contributed by atoms with Crippen LogP contribution in [0.1, 0.15) is 26.2 Å². The van der Waals surface area contributed by atoms with E-state index in [1.54, 1.807) is 4.90 Å². The molecule has 0 aromatic heterocycles. The molecular weight excluding hydrogens is 280 g/mol. The van der Waals surface area contributed by atoms with Crippen molar-refractivity contribution in [2.45, 2.75) is 32.2 Å². The standard InChI is InChI=1S/C12H26N4O3S/c1-4-5-11(13)10-12(17)15-6-8-16(9-7-15)20(18,19)14(2)3/h11H,4-10,13H2,1-3H3. The minimum absolute atomic E-state index is 0.0212. The molecular formula is C12H26N4O3S. The lowest BCUT2D eigenvalue weighted by Gasteiger charge is -2.35. The van der Waals surface area contributed by atoms with E-state index in [4.69, 9.17) is 5.73 Å². The minimum atomic E-state index is -3.38. The molecule has 1 aliphatic rings. The Kier molecular flexibility index (Phi) is 6.38. The highest BCUT2D eigenvalue weighted by atomic mass is 32.2. The van der Waals surface area contributed by atoms with Crippen LogP contribution in [0.25, 0.3) is 0 Å². The molecule has 1 heterocycles. The SMILES string of the molecule is CCCC(N)CC(=O)N1CCN(S(=O)(=O)N(C)C)CC1. The molecule has 1 aliphatic heterocycles. The Bertz CT molecular complexity index is 416. The van der Waals surface area contributed by atoms with Gasteiger partial charge in [0, 0.05) is 52.7 Å². The molecule has 0 aromatic carbocycles. The molecule has 7 nitrogen and oxygen atoms in total. The minimum Gasteiger partial charge on any atom is -0.340 e. The number of hydrogen-bond donors (Lipinski definition) is 1. The molecule has 0 radical (unpaired) electrons. The van der Waals surface area contributed by atoms with Gasteiger partial charge in [0.25, 0.3) is 10.2 Å². The molecule has 1 amide bonds. The maximum absolute atomic E-state index is 12.0. The zero-order chi connectivity index (χ0) is 15.3. The highest BCUT2D eigenvalue weighted by Gasteiger charge is 2.30. The first kappa shape index (κ1) is 17.4. The zero-order valence-electron chi connectivity index (χ0n) is 12.6. The van der Waals surface area contributed by atoms with Crippen LogP contribution in [-0.4, -0.2) is 74.2 Å². The number of carbonyl (C=O) groups is 1. The van der Waals surface area contributed by atoms with E-state index in [0.29, 0.717) is 32.6 Å². The summed E-state index contributed by atoms with van der Waals surface area (Å²) in [6, 6.07) is -0.101. The van der Waals surface area contributed by atoms with Crippen molar-refractivity contribution in [1.29, 1.82) is 0 Å². The Morgan fingerprint density at radius 3 is 2.25 bits per heavy atom. The molecule has 20 heavy (non-hydrogen) atoms. The maximum Gasteiger partial charge on any atom is 0.281 e. The van der Waals surface area contributed by atoms with Gasteiger partial charge in [-0.05, 0) is 6.42 Å². The van der Waals surface area contributed by atoms with E-state index in [2.05, 4.69) is 0 Å². The molecule has 0 spiro atoms. The van der Waals surface area contributed by atoms with E-state index in [-0.39, 0.29) is 11.9 Å². The first-order valence-corrected chi connectivity index (χ1v) is 8.39. The summed E-state index contributed by atoms with van der Waals surface area (Å²) in [6.07, 6.45) is 2.14. The van der Waals surface area contributed by atoms with Gasteiger partial charge in [0.2, 0.25) is 5.91 Å². The predicted molar refractivity (Wildman–Crippen MR) is 78.3 cm³/mol. The summed E-state index contributed by atoms with van der Waals surface area (Å²) in [5.74, 6) is 0.0212. The number of hydrogen-bond acceptors (Lipinski definition) is 4. The summed E-state index contributed by atoms with van der Waals surface area (Å²) in [7, 11) is -0.356. The summed E-state index contributed by atoms with van der Waals surface area (Å²) < 4.78 is 26.5. The molecule has 0 aliphatic carbocycles. The Morgan fingerprint density at radius 2 is 1.80 bits per heavy atom. The molecule has 1 atom stereocenters. The van der Waals surface area contributed by atoms with Crippen molar-refractivity contribution in [3.63, 3.8) is 0 Å². The van der Waals surface area contributed by atoms with E-state index in [1.165, 1.54) is 22.7 Å². The van der Waals surface area contributed by atoms with Crippen LogP contribution in [0.3, 0.4) is 0 Å². The van der Waals surface area contributed by atoms with Gasteiger partial charge in [-0.25, -0.2) is 0 Å². The van der Waals surface area contributed by atoms with Crippen molar-refractivity contribution in [2.75, 3.05) is 40.3 Å². The van der Waals surface area contributed by atoms with E-state index in [0.717, 1.165) is 12.8 Å². The van der Waals surface area contributed by atoms with Crippen LogP contribution in [0.4, 0.5) is 0 Å². The molecule has 1 saturated heterocycles. The second-order valence-electron chi connectivity index (χ2n) is 5.32. The molecule has 0 saturated carbocycles. The second kappa shape index (κ2) is 7.35. The Morgan fingerprint density at radius 1 is 1.25 bits per heavy atom. The lowest BCUT2D eigenvalue weighted by molar-refractivity contribution is -0.132. The van der Waals surface area contributed by atoms with E-state index < -0.39 is 10.2 Å². The number of carbonyl (C=O) groups excluding carboxylic acids is 1. The summed E-state index contributed by atoms with van der Waals surface area (Å²) in [5, 5.41) is 0. The number of nitrogens with two attached hydrogens (primary N) is 1. The maximum atomic E-state index is 12.0. The molecule has 1 fully saturated rings. The van der Waals surface area contributed by atoms with Gasteiger partial charge in [-0.15, -0.1) is 0 Å². The fraction of sp³-hybridized carbons (Fsp3) is 0.917. The molecule has 2 N–H and O–H groups in total. The van der Waals surface area contributed by atoms with Crippen molar-refractivity contribution in [2.24, 2.45) is 5.73 Å². The van der Waals surface area contributed by atoms with Gasteiger partial charge in [-0.1, -0.05) is 13.3 Å². The third kappa shape index (κ3) is 4.41. The summed E-state index contributed by atoms with van der Waals surface area (Å²) in [6.45, 7) is 3.59. The van der Waals surface area contributed by atoms with Crippen molar-refractivity contribution in [3.05, 3.63) is 0 Å². The quantitative estimate of drug-likeness (QED) is 0.713. The summed E-state index contributed by atoms with van der Waals surface area (Å²) in [5.41, 5.74) is 5.87. The highest BCUT2D eigenvalue weighted by Crippen LogP contribution is 2.11. The number of amides is 1. The fourth-order valence-corrected chi connectivity index (χ4v) is 3.31. The molecule has 118 valence electrons. The zero-order valence-corrected chi connectivity index (χ0v) is 13.4. The van der Waals surface area contributed by atoms with Gasteiger partial charge in [0.1, 0.15) is 0 Å². The van der Waals surface area contributed by atoms with Gasteiger partial charge in [-0.2, -0.15) is 17.0 Å².